The molecule has 106 valence electrons. The second-order valence-corrected chi connectivity index (χ2v) is 5.99. The van der Waals surface area contributed by atoms with Gasteiger partial charge in [-0.25, -0.2) is 9.18 Å². The van der Waals surface area contributed by atoms with Crippen LogP contribution in [-0.4, -0.2) is 17.0 Å². The number of benzene rings is 1. The summed E-state index contributed by atoms with van der Waals surface area (Å²) >= 11 is 3.31. The number of carbonyl (C=O) groups is 1. The number of alkyl halides is 1. The summed E-state index contributed by atoms with van der Waals surface area (Å²) in [6.07, 6.45) is 0.0434. The van der Waals surface area contributed by atoms with Gasteiger partial charge in [0.05, 0.1) is 6.04 Å². The predicted octanol–water partition coefficient (Wildman–Crippen LogP) is 4.18. The lowest BCUT2D eigenvalue weighted by molar-refractivity contribution is 0.0502. The normalized spacial score (nSPS) is 12.9. The molecule has 19 heavy (non-hydrogen) atoms. The molecule has 0 spiro atoms. The Morgan fingerprint density at radius 2 is 2.05 bits per heavy atom. The fourth-order valence-corrected chi connectivity index (χ4v) is 2.08. The lowest BCUT2D eigenvalue weighted by atomic mass is 10.0. The zero-order chi connectivity index (χ0) is 14.5. The molecular weight excluding hydrogens is 313 g/mol. The number of nitrogens with one attached hydrogen (secondary N) is 1. The zero-order valence-electron chi connectivity index (χ0n) is 11.4. The number of hydrogen-bond acceptors (Lipinski definition) is 2. The molecule has 0 fully saturated rings. The van der Waals surface area contributed by atoms with Crippen molar-refractivity contribution < 1.29 is 13.9 Å². The molecule has 1 aromatic carbocycles. The zero-order valence-corrected chi connectivity index (χ0v) is 13.0. The average Bonchev–Trinajstić information content (AvgIpc) is 2.26. The number of carbonyl (C=O) groups excluding carboxylic acids is 1. The first-order valence-corrected chi connectivity index (χ1v) is 7.25. The van der Waals surface area contributed by atoms with Gasteiger partial charge in [0, 0.05) is 10.9 Å². The van der Waals surface area contributed by atoms with E-state index in [2.05, 4.69) is 21.2 Å². The standard InChI is InChI=1S/C14H19BrFNO2/c1-14(2,3)19-13(18)17-12(8-9-15)10-6-4-5-7-11(10)16/h4-7,12H,8-9H2,1-3H3,(H,17,18). The Balaban J connectivity index is 2.79. The molecule has 0 aliphatic heterocycles. The summed E-state index contributed by atoms with van der Waals surface area (Å²) in [5.74, 6) is -0.329. The van der Waals surface area contributed by atoms with E-state index in [1.165, 1.54) is 6.07 Å². The van der Waals surface area contributed by atoms with Crippen molar-refractivity contribution in [3.63, 3.8) is 0 Å². The molecule has 0 saturated heterocycles. The number of amides is 1. The Kier molecular flexibility index (Phi) is 5.79. The highest BCUT2D eigenvalue weighted by Crippen LogP contribution is 2.21. The third kappa shape index (κ3) is 5.59. The predicted molar refractivity (Wildman–Crippen MR) is 76.9 cm³/mol. The molecule has 0 aliphatic carbocycles. The summed E-state index contributed by atoms with van der Waals surface area (Å²) < 4.78 is 18.9. The maximum atomic E-state index is 13.7. The van der Waals surface area contributed by atoms with Crippen molar-refractivity contribution in [3.8, 4) is 0 Å². The van der Waals surface area contributed by atoms with Gasteiger partial charge in [0.25, 0.3) is 0 Å². The van der Waals surface area contributed by atoms with Crippen LogP contribution in [0.5, 0.6) is 0 Å². The maximum absolute atomic E-state index is 13.7. The Hall–Kier alpha value is -1.10. The Labute approximate surface area is 121 Å². The van der Waals surface area contributed by atoms with Gasteiger partial charge < -0.3 is 10.1 Å². The molecule has 1 amide bonds. The molecule has 0 heterocycles. The highest BCUT2D eigenvalue weighted by atomic mass is 79.9. The van der Waals surface area contributed by atoms with Crippen molar-refractivity contribution >= 4 is 22.0 Å². The van der Waals surface area contributed by atoms with Gasteiger partial charge in [0.1, 0.15) is 11.4 Å². The summed E-state index contributed by atoms with van der Waals surface area (Å²) in [6.45, 7) is 5.36. The molecule has 0 aromatic heterocycles. The second kappa shape index (κ2) is 6.89. The van der Waals surface area contributed by atoms with Gasteiger partial charge in [0.15, 0.2) is 0 Å². The lowest BCUT2D eigenvalue weighted by Crippen LogP contribution is -2.35. The molecule has 5 heteroatoms. The van der Waals surface area contributed by atoms with E-state index in [0.29, 0.717) is 17.3 Å². The quantitative estimate of drug-likeness (QED) is 0.840. The van der Waals surface area contributed by atoms with Crippen LogP contribution in [0, 0.1) is 5.82 Å². The molecule has 0 radical (unpaired) electrons. The third-order valence-corrected chi connectivity index (χ3v) is 2.83. The molecule has 1 atom stereocenters. The van der Waals surface area contributed by atoms with Crippen molar-refractivity contribution in [2.45, 2.75) is 38.8 Å². The van der Waals surface area contributed by atoms with Crippen LogP contribution in [-0.2, 0) is 4.74 Å². The van der Waals surface area contributed by atoms with Crippen LogP contribution in [0.4, 0.5) is 9.18 Å². The highest BCUT2D eigenvalue weighted by molar-refractivity contribution is 9.09. The second-order valence-electron chi connectivity index (χ2n) is 5.20. The number of ether oxygens (including phenoxy) is 1. The monoisotopic (exact) mass is 331 g/mol. The Morgan fingerprint density at radius 3 is 2.58 bits per heavy atom. The van der Waals surface area contributed by atoms with Crippen molar-refractivity contribution in [1.82, 2.24) is 5.32 Å². The molecule has 1 aromatic rings. The number of hydrogen-bond donors (Lipinski definition) is 1. The van der Waals surface area contributed by atoms with Crippen molar-refractivity contribution in [2.75, 3.05) is 5.33 Å². The summed E-state index contributed by atoms with van der Waals surface area (Å²) in [5.41, 5.74) is -0.106. The van der Waals surface area contributed by atoms with E-state index in [9.17, 15) is 9.18 Å². The summed E-state index contributed by atoms with van der Waals surface area (Å²) in [6, 6.07) is 6.01. The lowest BCUT2D eigenvalue weighted by Gasteiger charge is -2.23. The molecule has 1 unspecified atom stereocenters. The van der Waals surface area contributed by atoms with Crippen LogP contribution < -0.4 is 5.32 Å². The van der Waals surface area contributed by atoms with Gasteiger partial charge in [-0.1, -0.05) is 34.1 Å². The highest BCUT2D eigenvalue weighted by Gasteiger charge is 2.21. The number of rotatable bonds is 4. The van der Waals surface area contributed by atoms with Crippen LogP contribution in [0.15, 0.2) is 24.3 Å². The van der Waals surface area contributed by atoms with E-state index in [4.69, 9.17) is 4.74 Å². The van der Waals surface area contributed by atoms with Crippen LogP contribution in [0.25, 0.3) is 0 Å². The van der Waals surface area contributed by atoms with E-state index in [0.717, 1.165) is 0 Å². The van der Waals surface area contributed by atoms with E-state index < -0.39 is 17.7 Å². The van der Waals surface area contributed by atoms with Crippen molar-refractivity contribution in [1.29, 1.82) is 0 Å². The largest absolute Gasteiger partial charge is 0.444 e. The average molecular weight is 332 g/mol. The van der Waals surface area contributed by atoms with Gasteiger partial charge >= 0.3 is 6.09 Å². The molecule has 3 nitrogen and oxygen atoms in total. The van der Waals surface area contributed by atoms with Gasteiger partial charge in [-0.3, -0.25) is 0 Å². The maximum Gasteiger partial charge on any atom is 0.408 e. The minimum Gasteiger partial charge on any atom is -0.444 e. The SMILES string of the molecule is CC(C)(C)OC(=O)NC(CCBr)c1ccccc1F. The first-order valence-electron chi connectivity index (χ1n) is 6.13. The van der Waals surface area contributed by atoms with E-state index in [1.807, 2.05) is 0 Å². The van der Waals surface area contributed by atoms with E-state index in [1.54, 1.807) is 39.0 Å². The van der Waals surface area contributed by atoms with Gasteiger partial charge in [-0.2, -0.15) is 0 Å². The minimum atomic E-state index is -0.571. The van der Waals surface area contributed by atoms with Crippen molar-refractivity contribution in [2.24, 2.45) is 0 Å². The first-order chi connectivity index (χ1) is 8.83. The molecule has 1 rings (SSSR count). The first kappa shape index (κ1) is 16.0. The van der Waals surface area contributed by atoms with Gasteiger partial charge in [0.2, 0.25) is 0 Å². The molecule has 0 aliphatic rings. The fourth-order valence-electron chi connectivity index (χ4n) is 1.62. The summed E-state index contributed by atoms with van der Waals surface area (Å²) in [7, 11) is 0. The molecule has 1 N–H and O–H groups in total. The Bertz CT molecular complexity index is 432. The number of halogens is 2. The van der Waals surface area contributed by atoms with E-state index in [-0.39, 0.29) is 5.82 Å². The topological polar surface area (TPSA) is 38.3 Å². The summed E-state index contributed by atoms with van der Waals surface area (Å²) in [4.78, 5) is 11.8. The van der Waals surface area contributed by atoms with Crippen LogP contribution in [0.3, 0.4) is 0 Å². The van der Waals surface area contributed by atoms with E-state index >= 15 is 0 Å². The minimum absolute atomic E-state index is 0.329. The fraction of sp³-hybridized carbons (Fsp3) is 0.500. The van der Waals surface area contributed by atoms with Crippen LogP contribution in [0.2, 0.25) is 0 Å². The Morgan fingerprint density at radius 1 is 1.42 bits per heavy atom. The summed E-state index contributed by atoms with van der Waals surface area (Å²) in [5, 5.41) is 3.36. The molecule has 0 bridgehead atoms. The number of alkyl carbamates (subject to hydrolysis) is 1. The van der Waals surface area contributed by atoms with Gasteiger partial charge in [-0.05, 0) is 33.3 Å². The van der Waals surface area contributed by atoms with Crippen LogP contribution in [0.1, 0.15) is 38.8 Å². The third-order valence-electron chi connectivity index (χ3n) is 2.37. The molecular formula is C14H19BrFNO2. The molecule has 0 saturated carbocycles. The van der Waals surface area contributed by atoms with Gasteiger partial charge in [-0.15, -0.1) is 0 Å². The van der Waals surface area contributed by atoms with Crippen LogP contribution >= 0.6 is 15.9 Å². The van der Waals surface area contributed by atoms with Crippen molar-refractivity contribution in [3.05, 3.63) is 35.6 Å². The smallest absolute Gasteiger partial charge is 0.408 e.